The maximum Gasteiger partial charge on any atom is 0.126 e. The lowest BCUT2D eigenvalue weighted by atomic mass is 10.1. The predicted octanol–water partition coefficient (Wildman–Crippen LogP) is 3.46. The third kappa shape index (κ3) is 3.68. The number of hydrogen-bond acceptors (Lipinski definition) is 2. The van der Waals surface area contributed by atoms with Gasteiger partial charge in [0.15, 0.2) is 0 Å². The standard InChI is InChI=1S/C12H15BrO2/c1-3-4-7-15-12-8-10(13)5-6-11(12)9(2)14/h3-6,8-9,14H,7H2,1-2H3/b4-3+/t9-/m1/s1. The molecular weight excluding hydrogens is 256 g/mol. The van der Waals surface area contributed by atoms with Crippen LogP contribution in [0.15, 0.2) is 34.8 Å². The van der Waals surface area contributed by atoms with E-state index in [9.17, 15) is 5.11 Å². The summed E-state index contributed by atoms with van der Waals surface area (Å²) in [5.74, 6) is 0.720. The molecule has 2 nitrogen and oxygen atoms in total. The largest absolute Gasteiger partial charge is 0.489 e. The van der Waals surface area contributed by atoms with Crippen LogP contribution in [-0.2, 0) is 0 Å². The highest BCUT2D eigenvalue weighted by Crippen LogP contribution is 2.28. The van der Waals surface area contributed by atoms with Crippen molar-refractivity contribution in [3.8, 4) is 5.75 Å². The van der Waals surface area contributed by atoms with Gasteiger partial charge in [0.2, 0.25) is 0 Å². The summed E-state index contributed by atoms with van der Waals surface area (Å²) in [6.07, 6.45) is 3.34. The van der Waals surface area contributed by atoms with Crippen molar-refractivity contribution >= 4 is 15.9 Å². The summed E-state index contributed by atoms with van der Waals surface area (Å²) in [6.45, 7) is 4.19. The van der Waals surface area contributed by atoms with E-state index in [-0.39, 0.29) is 0 Å². The van der Waals surface area contributed by atoms with Crippen molar-refractivity contribution in [3.05, 3.63) is 40.4 Å². The molecule has 0 radical (unpaired) electrons. The Morgan fingerprint density at radius 1 is 1.53 bits per heavy atom. The summed E-state index contributed by atoms with van der Waals surface area (Å²) in [5.41, 5.74) is 0.808. The Bertz CT molecular complexity index is 345. The lowest BCUT2D eigenvalue weighted by molar-refractivity contribution is 0.193. The third-order valence-corrected chi connectivity index (χ3v) is 2.49. The summed E-state index contributed by atoms with van der Waals surface area (Å²) in [4.78, 5) is 0. The van der Waals surface area contributed by atoms with Gasteiger partial charge in [0.1, 0.15) is 12.4 Å². The molecule has 0 amide bonds. The number of benzene rings is 1. The SMILES string of the molecule is C/C=C/COc1cc(Br)ccc1[C@@H](C)O. The molecule has 0 unspecified atom stereocenters. The van der Waals surface area contributed by atoms with Crippen molar-refractivity contribution in [2.24, 2.45) is 0 Å². The second kappa shape index (κ2) is 5.93. The first-order chi connectivity index (χ1) is 7.15. The van der Waals surface area contributed by atoms with Gasteiger partial charge in [0.25, 0.3) is 0 Å². The van der Waals surface area contributed by atoms with Gasteiger partial charge < -0.3 is 9.84 Å². The monoisotopic (exact) mass is 270 g/mol. The zero-order chi connectivity index (χ0) is 11.3. The molecule has 0 bridgehead atoms. The molecule has 15 heavy (non-hydrogen) atoms. The molecule has 1 atom stereocenters. The van der Waals surface area contributed by atoms with E-state index in [2.05, 4.69) is 15.9 Å². The smallest absolute Gasteiger partial charge is 0.126 e. The number of hydrogen-bond donors (Lipinski definition) is 1. The number of allylic oxidation sites excluding steroid dienone is 1. The molecule has 82 valence electrons. The minimum atomic E-state index is -0.515. The van der Waals surface area contributed by atoms with Gasteiger partial charge in [-0.05, 0) is 26.0 Å². The Labute approximate surface area is 98.7 Å². The molecule has 1 rings (SSSR count). The number of ether oxygens (including phenoxy) is 1. The molecule has 0 spiro atoms. The first-order valence-electron chi connectivity index (χ1n) is 4.86. The van der Waals surface area contributed by atoms with Crippen LogP contribution in [0.3, 0.4) is 0 Å². The van der Waals surface area contributed by atoms with E-state index in [1.807, 2.05) is 37.3 Å². The molecule has 1 N–H and O–H groups in total. The molecule has 0 fully saturated rings. The molecule has 0 heterocycles. The quantitative estimate of drug-likeness (QED) is 0.850. The first kappa shape index (κ1) is 12.3. The van der Waals surface area contributed by atoms with Crippen molar-refractivity contribution in [2.45, 2.75) is 20.0 Å². The van der Waals surface area contributed by atoms with Gasteiger partial charge in [-0.2, -0.15) is 0 Å². The summed E-state index contributed by atoms with van der Waals surface area (Å²) in [5, 5.41) is 9.54. The van der Waals surface area contributed by atoms with E-state index in [0.29, 0.717) is 6.61 Å². The van der Waals surface area contributed by atoms with Crippen LogP contribution in [0.4, 0.5) is 0 Å². The predicted molar refractivity (Wildman–Crippen MR) is 65.1 cm³/mol. The van der Waals surface area contributed by atoms with Crippen LogP contribution in [0.25, 0.3) is 0 Å². The van der Waals surface area contributed by atoms with Crippen molar-refractivity contribution in [1.82, 2.24) is 0 Å². The van der Waals surface area contributed by atoms with Gasteiger partial charge in [0.05, 0.1) is 6.10 Å². The zero-order valence-corrected chi connectivity index (χ0v) is 10.5. The molecule has 0 aliphatic rings. The van der Waals surface area contributed by atoms with Crippen LogP contribution in [0.5, 0.6) is 5.75 Å². The van der Waals surface area contributed by atoms with Gasteiger partial charge in [-0.1, -0.05) is 34.1 Å². The second-order valence-corrected chi connectivity index (χ2v) is 4.15. The number of aliphatic hydroxyl groups is 1. The highest BCUT2D eigenvalue weighted by atomic mass is 79.9. The fourth-order valence-corrected chi connectivity index (χ4v) is 1.55. The zero-order valence-electron chi connectivity index (χ0n) is 8.90. The molecule has 0 saturated carbocycles. The Morgan fingerprint density at radius 2 is 2.27 bits per heavy atom. The minimum absolute atomic E-state index is 0.515. The third-order valence-electron chi connectivity index (χ3n) is 2.00. The number of aliphatic hydroxyl groups excluding tert-OH is 1. The number of halogens is 1. The highest BCUT2D eigenvalue weighted by Gasteiger charge is 2.08. The van der Waals surface area contributed by atoms with Crippen molar-refractivity contribution in [3.63, 3.8) is 0 Å². The van der Waals surface area contributed by atoms with E-state index in [1.54, 1.807) is 6.92 Å². The lowest BCUT2D eigenvalue weighted by Crippen LogP contribution is -2.00. The Balaban J connectivity index is 2.86. The highest BCUT2D eigenvalue weighted by molar-refractivity contribution is 9.10. The Hall–Kier alpha value is -0.800. The summed E-state index contributed by atoms with van der Waals surface area (Å²) in [7, 11) is 0. The average Bonchev–Trinajstić information content (AvgIpc) is 2.18. The second-order valence-electron chi connectivity index (χ2n) is 3.24. The summed E-state index contributed by atoms with van der Waals surface area (Å²) < 4.78 is 6.49. The fourth-order valence-electron chi connectivity index (χ4n) is 1.21. The summed E-state index contributed by atoms with van der Waals surface area (Å²) >= 11 is 3.37. The average molecular weight is 271 g/mol. The fraction of sp³-hybridized carbons (Fsp3) is 0.333. The molecule has 0 aliphatic carbocycles. The molecule has 0 aromatic heterocycles. The first-order valence-corrected chi connectivity index (χ1v) is 5.66. The van der Waals surface area contributed by atoms with Crippen LogP contribution in [0.1, 0.15) is 25.5 Å². The number of rotatable bonds is 4. The van der Waals surface area contributed by atoms with Crippen LogP contribution in [0, 0.1) is 0 Å². The van der Waals surface area contributed by atoms with Crippen molar-refractivity contribution in [2.75, 3.05) is 6.61 Å². The molecule has 1 aromatic carbocycles. The lowest BCUT2D eigenvalue weighted by Gasteiger charge is -2.12. The van der Waals surface area contributed by atoms with E-state index in [4.69, 9.17) is 4.74 Å². The normalized spacial score (nSPS) is 13.1. The molecular formula is C12H15BrO2. The summed E-state index contributed by atoms with van der Waals surface area (Å²) in [6, 6.07) is 5.62. The Kier molecular flexibility index (Phi) is 4.85. The van der Waals surface area contributed by atoms with Crippen LogP contribution < -0.4 is 4.74 Å². The van der Waals surface area contributed by atoms with Gasteiger partial charge in [-0.25, -0.2) is 0 Å². The van der Waals surface area contributed by atoms with Crippen molar-refractivity contribution < 1.29 is 9.84 Å². The van der Waals surface area contributed by atoms with Gasteiger partial charge in [-0.3, -0.25) is 0 Å². The maximum absolute atomic E-state index is 9.54. The molecule has 0 aliphatic heterocycles. The minimum Gasteiger partial charge on any atom is -0.489 e. The van der Waals surface area contributed by atoms with Gasteiger partial charge in [-0.15, -0.1) is 0 Å². The molecule has 1 aromatic rings. The molecule has 0 saturated heterocycles. The van der Waals surface area contributed by atoms with Gasteiger partial charge in [0, 0.05) is 10.0 Å². The van der Waals surface area contributed by atoms with Crippen LogP contribution >= 0.6 is 15.9 Å². The van der Waals surface area contributed by atoms with E-state index in [0.717, 1.165) is 15.8 Å². The van der Waals surface area contributed by atoms with E-state index in [1.165, 1.54) is 0 Å². The Morgan fingerprint density at radius 3 is 2.87 bits per heavy atom. The maximum atomic E-state index is 9.54. The van der Waals surface area contributed by atoms with E-state index < -0.39 is 6.10 Å². The van der Waals surface area contributed by atoms with Gasteiger partial charge >= 0.3 is 0 Å². The van der Waals surface area contributed by atoms with Crippen molar-refractivity contribution in [1.29, 1.82) is 0 Å². The van der Waals surface area contributed by atoms with E-state index >= 15 is 0 Å². The van der Waals surface area contributed by atoms with Crippen LogP contribution in [-0.4, -0.2) is 11.7 Å². The topological polar surface area (TPSA) is 29.5 Å². The van der Waals surface area contributed by atoms with Crippen LogP contribution in [0.2, 0.25) is 0 Å². The molecule has 3 heteroatoms.